The number of amides is 1. The second kappa shape index (κ2) is 7.82. The van der Waals surface area contributed by atoms with E-state index in [9.17, 15) is 4.79 Å². The van der Waals surface area contributed by atoms with Crippen molar-refractivity contribution in [3.63, 3.8) is 0 Å². The van der Waals surface area contributed by atoms with Crippen LogP contribution in [0.1, 0.15) is 64.6 Å². The first-order valence-corrected chi connectivity index (χ1v) is 8.87. The summed E-state index contributed by atoms with van der Waals surface area (Å²) >= 11 is 1.40. The van der Waals surface area contributed by atoms with Gasteiger partial charge in [-0.15, -0.1) is 5.10 Å². The number of hydrogen-bond acceptors (Lipinski definition) is 4. The Balaban J connectivity index is 1.61. The second-order valence-electron chi connectivity index (χ2n) is 6.36. The van der Waals surface area contributed by atoms with Crippen LogP contribution in [0.2, 0.25) is 0 Å². The lowest BCUT2D eigenvalue weighted by Crippen LogP contribution is -2.33. The van der Waals surface area contributed by atoms with E-state index >= 15 is 0 Å². The minimum atomic E-state index is 0.0646. The standard InChI is InChI=1S/C15H26N4OS/c1-10(2)5-4-6-11(3)16-13(20)9-21-15-17-14(18-19-15)12-7-8-12/h10-12H,4-9H2,1-3H3,(H,16,20)(H,17,18,19). The van der Waals surface area contributed by atoms with Crippen molar-refractivity contribution in [3.8, 4) is 0 Å². The van der Waals surface area contributed by atoms with Gasteiger partial charge in [-0.3, -0.25) is 9.89 Å². The molecule has 1 fully saturated rings. The molecule has 0 aliphatic heterocycles. The molecule has 0 bridgehead atoms. The molecule has 1 saturated carbocycles. The second-order valence-corrected chi connectivity index (χ2v) is 7.30. The molecule has 118 valence electrons. The SMILES string of the molecule is CC(C)CCCC(C)NC(=O)CSc1n[nH]c(C2CC2)n1. The molecular formula is C15H26N4OS. The molecule has 0 spiro atoms. The zero-order valence-electron chi connectivity index (χ0n) is 13.2. The Morgan fingerprint density at radius 1 is 1.38 bits per heavy atom. The zero-order chi connectivity index (χ0) is 15.2. The van der Waals surface area contributed by atoms with E-state index in [1.54, 1.807) is 0 Å². The zero-order valence-corrected chi connectivity index (χ0v) is 14.0. The third-order valence-electron chi connectivity index (χ3n) is 3.60. The van der Waals surface area contributed by atoms with E-state index in [0.717, 1.165) is 24.6 Å². The van der Waals surface area contributed by atoms with Gasteiger partial charge in [0.1, 0.15) is 5.82 Å². The number of H-pyrrole nitrogens is 1. The van der Waals surface area contributed by atoms with Gasteiger partial charge in [0.2, 0.25) is 11.1 Å². The summed E-state index contributed by atoms with van der Waals surface area (Å²) in [6.07, 6.45) is 5.83. The first kappa shape index (κ1) is 16.3. The lowest BCUT2D eigenvalue weighted by atomic mass is 10.0. The third-order valence-corrected chi connectivity index (χ3v) is 4.45. The number of nitrogens with zero attached hydrogens (tertiary/aromatic N) is 2. The average molecular weight is 310 g/mol. The Bertz CT molecular complexity index is 456. The Morgan fingerprint density at radius 3 is 2.81 bits per heavy atom. The molecule has 0 radical (unpaired) electrons. The fraction of sp³-hybridized carbons (Fsp3) is 0.800. The maximum Gasteiger partial charge on any atom is 0.230 e. The molecule has 0 saturated heterocycles. The van der Waals surface area contributed by atoms with Crippen LogP contribution in [-0.4, -0.2) is 32.9 Å². The van der Waals surface area contributed by atoms with Crippen molar-refractivity contribution in [2.24, 2.45) is 5.92 Å². The first-order valence-electron chi connectivity index (χ1n) is 7.89. The summed E-state index contributed by atoms with van der Waals surface area (Å²) in [4.78, 5) is 16.3. The predicted octanol–water partition coefficient (Wildman–Crippen LogP) is 3.11. The molecule has 2 N–H and O–H groups in total. The van der Waals surface area contributed by atoms with Gasteiger partial charge in [-0.1, -0.05) is 38.5 Å². The minimum Gasteiger partial charge on any atom is -0.353 e. The maximum atomic E-state index is 11.9. The van der Waals surface area contributed by atoms with E-state index in [1.807, 2.05) is 0 Å². The normalized spacial score (nSPS) is 16.2. The van der Waals surface area contributed by atoms with Crippen molar-refractivity contribution in [2.75, 3.05) is 5.75 Å². The number of hydrogen-bond donors (Lipinski definition) is 2. The summed E-state index contributed by atoms with van der Waals surface area (Å²) in [5, 5.41) is 10.8. The molecule has 6 heteroatoms. The molecule has 1 unspecified atom stereocenters. The van der Waals surface area contributed by atoms with Crippen LogP contribution in [0.15, 0.2) is 5.16 Å². The molecule has 1 aliphatic rings. The summed E-state index contributed by atoms with van der Waals surface area (Å²) < 4.78 is 0. The molecule has 1 aromatic heterocycles. The highest BCUT2D eigenvalue weighted by atomic mass is 32.2. The Kier molecular flexibility index (Phi) is 6.08. The number of nitrogens with one attached hydrogen (secondary N) is 2. The van der Waals surface area contributed by atoms with Crippen LogP contribution in [0.4, 0.5) is 0 Å². The predicted molar refractivity (Wildman–Crippen MR) is 85.4 cm³/mol. The molecule has 1 heterocycles. The topological polar surface area (TPSA) is 70.7 Å². The van der Waals surface area contributed by atoms with Gasteiger partial charge in [-0.2, -0.15) is 0 Å². The van der Waals surface area contributed by atoms with Crippen LogP contribution < -0.4 is 5.32 Å². The average Bonchev–Trinajstić information content (AvgIpc) is 3.15. The molecule has 21 heavy (non-hydrogen) atoms. The molecule has 1 amide bonds. The van der Waals surface area contributed by atoms with Crippen LogP contribution in [0.5, 0.6) is 0 Å². The van der Waals surface area contributed by atoms with E-state index in [2.05, 4.69) is 41.3 Å². The molecule has 1 aliphatic carbocycles. The molecule has 0 aromatic carbocycles. The maximum absolute atomic E-state index is 11.9. The van der Waals surface area contributed by atoms with Crippen molar-refractivity contribution in [1.29, 1.82) is 0 Å². The van der Waals surface area contributed by atoms with E-state index in [0.29, 0.717) is 16.8 Å². The highest BCUT2D eigenvalue weighted by Gasteiger charge is 2.27. The summed E-state index contributed by atoms with van der Waals surface area (Å²) in [7, 11) is 0. The van der Waals surface area contributed by atoms with Crippen molar-refractivity contribution >= 4 is 17.7 Å². The minimum absolute atomic E-state index is 0.0646. The van der Waals surface area contributed by atoms with Crippen molar-refractivity contribution in [1.82, 2.24) is 20.5 Å². The third kappa shape index (κ3) is 6.08. The van der Waals surface area contributed by atoms with Crippen LogP contribution in [0.3, 0.4) is 0 Å². The van der Waals surface area contributed by atoms with Gasteiger partial charge in [-0.05, 0) is 32.1 Å². The summed E-state index contributed by atoms with van der Waals surface area (Å²) in [5.74, 6) is 2.72. The van der Waals surface area contributed by atoms with E-state index in [1.165, 1.54) is 31.0 Å². The number of aromatic amines is 1. The molecule has 5 nitrogen and oxygen atoms in total. The smallest absolute Gasteiger partial charge is 0.230 e. The number of carbonyl (C=O) groups excluding carboxylic acids is 1. The number of thioether (sulfide) groups is 1. The van der Waals surface area contributed by atoms with Crippen LogP contribution >= 0.6 is 11.8 Å². The fourth-order valence-corrected chi connectivity index (χ4v) is 2.83. The molecule has 1 atom stereocenters. The highest BCUT2D eigenvalue weighted by Crippen LogP contribution is 2.38. The number of carbonyl (C=O) groups is 1. The monoisotopic (exact) mass is 310 g/mol. The first-order chi connectivity index (χ1) is 10.0. The van der Waals surface area contributed by atoms with Crippen molar-refractivity contribution < 1.29 is 4.79 Å². The van der Waals surface area contributed by atoms with Gasteiger partial charge in [0, 0.05) is 12.0 Å². The van der Waals surface area contributed by atoms with Gasteiger partial charge in [0.05, 0.1) is 5.75 Å². The quantitative estimate of drug-likeness (QED) is 0.688. The summed E-state index contributed by atoms with van der Waals surface area (Å²) in [6, 6.07) is 0.242. The lowest BCUT2D eigenvalue weighted by Gasteiger charge is -2.14. The largest absolute Gasteiger partial charge is 0.353 e. The van der Waals surface area contributed by atoms with Crippen LogP contribution in [-0.2, 0) is 4.79 Å². The number of aromatic nitrogens is 3. The van der Waals surface area contributed by atoms with Crippen LogP contribution in [0.25, 0.3) is 0 Å². The Hall–Kier alpha value is -1.04. The van der Waals surface area contributed by atoms with E-state index < -0.39 is 0 Å². The van der Waals surface area contributed by atoms with E-state index in [4.69, 9.17) is 0 Å². The van der Waals surface area contributed by atoms with Gasteiger partial charge < -0.3 is 5.32 Å². The Labute approximate surface area is 131 Å². The van der Waals surface area contributed by atoms with Crippen molar-refractivity contribution in [3.05, 3.63) is 5.82 Å². The summed E-state index contributed by atoms with van der Waals surface area (Å²) in [6.45, 7) is 6.53. The summed E-state index contributed by atoms with van der Waals surface area (Å²) in [5.41, 5.74) is 0. The van der Waals surface area contributed by atoms with E-state index in [-0.39, 0.29) is 11.9 Å². The number of rotatable bonds is 9. The highest BCUT2D eigenvalue weighted by molar-refractivity contribution is 7.99. The fourth-order valence-electron chi connectivity index (χ4n) is 2.21. The van der Waals surface area contributed by atoms with Gasteiger partial charge in [0.15, 0.2) is 0 Å². The molecule has 2 rings (SSSR count). The van der Waals surface area contributed by atoms with Crippen molar-refractivity contribution in [2.45, 2.75) is 70.0 Å². The van der Waals surface area contributed by atoms with Crippen LogP contribution in [0, 0.1) is 5.92 Å². The van der Waals surface area contributed by atoms with Gasteiger partial charge in [0.25, 0.3) is 0 Å². The molecular weight excluding hydrogens is 284 g/mol. The Morgan fingerprint density at radius 2 is 2.14 bits per heavy atom. The van der Waals surface area contributed by atoms with Gasteiger partial charge >= 0.3 is 0 Å². The lowest BCUT2D eigenvalue weighted by molar-refractivity contribution is -0.119. The van der Waals surface area contributed by atoms with Gasteiger partial charge in [-0.25, -0.2) is 4.98 Å². The molecule has 1 aromatic rings.